The molecule has 0 spiro atoms. The summed E-state index contributed by atoms with van der Waals surface area (Å²) in [5.41, 5.74) is 0.982. The molecule has 0 unspecified atom stereocenters. The van der Waals surface area contributed by atoms with E-state index in [-0.39, 0.29) is 23.4 Å². The number of piperidine rings is 1. The van der Waals surface area contributed by atoms with Crippen molar-refractivity contribution in [2.24, 2.45) is 0 Å². The number of likely N-dealkylation sites (tertiary alicyclic amines) is 1. The summed E-state index contributed by atoms with van der Waals surface area (Å²) in [4.78, 5) is 31.9. The maximum atomic E-state index is 13.5. The van der Waals surface area contributed by atoms with E-state index in [0.29, 0.717) is 25.9 Å². The second-order valence-corrected chi connectivity index (χ2v) is 6.14. The van der Waals surface area contributed by atoms with Crippen molar-refractivity contribution in [2.45, 2.75) is 25.8 Å². The number of aromatic nitrogens is 1. The number of hydrogen-bond acceptors (Lipinski definition) is 3. The summed E-state index contributed by atoms with van der Waals surface area (Å²) in [6.45, 7) is 2.77. The lowest BCUT2D eigenvalue weighted by Gasteiger charge is -2.38. The minimum Gasteiger partial charge on any atom is -0.343 e. The normalized spacial score (nSPS) is 15.0. The first kappa shape index (κ1) is 17.1. The topological polar surface area (TPSA) is 53.5 Å². The van der Waals surface area contributed by atoms with Crippen molar-refractivity contribution in [1.29, 1.82) is 0 Å². The van der Waals surface area contributed by atoms with Gasteiger partial charge in [0.1, 0.15) is 5.82 Å². The molecule has 1 aromatic carbocycles. The average molecular weight is 341 g/mol. The van der Waals surface area contributed by atoms with Crippen LogP contribution in [0.1, 0.15) is 30.1 Å². The van der Waals surface area contributed by atoms with Gasteiger partial charge < -0.3 is 9.80 Å². The quantitative estimate of drug-likeness (QED) is 0.863. The highest BCUT2D eigenvalue weighted by atomic mass is 19.1. The summed E-state index contributed by atoms with van der Waals surface area (Å²) in [5, 5.41) is 0. The third kappa shape index (κ3) is 3.84. The van der Waals surface area contributed by atoms with Gasteiger partial charge in [0.2, 0.25) is 5.91 Å². The maximum Gasteiger partial charge on any atom is 0.260 e. The summed E-state index contributed by atoms with van der Waals surface area (Å²) >= 11 is 0. The van der Waals surface area contributed by atoms with Crippen LogP contribution in [0.5, 0.6) is 0 Å². The van der Waals surface area contributed by atoms with Gasteiger partial charge >= 0.3 is 0 Å². The van der Waals surface area contributed by atoms with Gasteiger partial charge in [0.15, 0.2) is 0 Å². The second kappa shape index (κ2) is 7.42. The molecule has 0 N–H and O–H groups in total. The molecule has 0 atom stereocenters. The van der Waals surface area contributed by atoms with Crippen molar-refractivity contribution in [1.82, 2.24) is 9.88 Å². The lowest BCUT2D eigenvalue weighted by molar-refractivity contribution is -0.129. The van der Waals surface area contributed by atoms with Crippen LogP contribution < -0.4 is 4.90 Å². The monoisotopic (exact) mass is 341 g/mol. The van der Waals surface area contributed by atoms with Crippen LogP contribution in [-0.2, 0) is 4.79 Å². The first-order valence-electron chi connectivity index (χ1n) is 8.31. The number of nitrogens with zero attached hydrogens (tertiary/aromatic N) is 3. The zero-order valence-electron chi connectivity index (χ0n) is 14.1. The Labute approximate surface area is 146 Å². The number of rotatable bonds is 3. The Morgan fingerprint density at radius 3 is 2.44 bits per heavy atom. The van der Waals surface area contributed by atoms with Gasteiger partial charge in [0, 0.05) is 37.9 Å². The van der Waals surface area contributed by atoms with Gasteiger partial charge in [-0.2, -0.15) is 0 Å². The lowest BCUT2D eigenvalue weighted by Crippen LogP contribution is -2.48. The third-order valence-corrected chi connectivity index (χ3v) is 4.48. The molecule has 0 radical (unpaired) electrons. The lowest BCUT2D eigenvalue weighted by atomic mass is 10.0. The Morgan fingerprint density at radius 2 is 1.84 bits per heavy atom. The number of halogens is 1. The molecule has 3 rings (SSSR count). The van der Waals surface area contributed by atoms with Crippen LogP contribution in [0.2, 0.25) is 0 Å². The highest BCUT2D eigenvalue weighted by Gasteiger charge is 2.30. The van der Waals surface area contributed by atoms with Crippen LogP contribution in [0.4, 0.5) is 10.1 Å². The summed E-state index contributed by atoms with van der Waals surface area (Å²) in [6, 6.07) is 10.5. The Balaban J connectivity index is 1.89. The van der Waals surface area contributed by atoms with Gasteiger partial charge in [-0.25, -0.2) is 4.39 Å². The van der Waals surface area contributed by atoms with Crippen LogP contribution in [0, 0.1) is 5.82 Å². The van der Waals surface area contributed by atoms with E-state index in [1.807, 2.05) is 30.3 Å². The summed E-state index contributed by atoms with van der Waals surface area (Å²) in [7, 11) is 0. The number of benzene rings is 1. The van der Waals surface area contributed by atoms with Gasteiger partial charge in [-0.3, -0.25) is 14.6 Å². The number of hydrogen-bond donors (Lipinski definition) is 0. The minimum absolute atomic E-state index is 0.0466. The minimum atomic E-state index is -0.537. The molecule has 2 aromatic rings. The Morgan fingerprint density at radius 1 is 1.16 bits per heavy atom. The molecule has 0 saturated carbocycles. The standard InChI is InChI=1S/C19H20FN3O2/c1-14(24)22-9-7-18(8-10-22)23(17-5-3-2-4-6-17)19(25)15-11-16(20)13-21-12-15/h2-6,11-13,18H,7-10H2,1H3. The smallest absolute Gasteiger partial charge is 0.260 e. The van der Waals surface area contributed by atoms with E-state index in [4.69, 9.17) is 0 Å². The van der Waals surface area contributed by atoms with Gasteiger partial charge in [-0.15, -0.1) is 0 Å². The summed E-state index contributed by atoms with van der Waals surface area (Å²) < 4.78 is 13.5. The molecular weight excluding hydrogens is 321 g/mol. The van der Waals surface area contributed by atoms with Crippen molar-refractivity contribution in [3.8, 4) is 0 Å². The average Bonchev–Trinajstić information content (AvgIpc) is 2.63. The number of pyridine rings is 1. The Bertz CT molecular complexity index is 758. The van der Waals surface area contributed by atoms with Gasteiger partial charge in [0.05, 0.1) is 11.8 Å². The van der Waals surface area contributed by atoms with E-state index in [9.17, 15) is 14.0 Å². The van der Waals surface area contributed by atoms with Gasteiger partial charge in [-0.05, 0) is 31.0 Å². The van der Waals surface area contributed by atoms with Crippen LogP contribution in [0.25, 0.3) is 0 Å². The Kier molecular flexibility index (Phi) is 5.07. The van der Waals surface area contributed by atoms with Crippen LogP contribution in [-0.4, -0.2) is 40.8 Å². The molecular formula is C19H20FN3O2. The highest BCUT2D eigenvalue weighted by Crippen LogP contribution is 2.26. The van der Waals surface area contributed by atoms with Crippen molar-refractivity contribution >= 4 is 17.5 Å². The highest BCUT2D eigenvalue weighted by molar-refractivity contribution is 6.06. The predicted octanol–water partition coefficient (Wildman–Crippen LogP) is 2.88. The SMILES string of the molecule is CC(=O)N1CCC(N(C(=O)c2cncc(F)c2)c2ccccc2)CC1. The molecule has 1 saturated heterocycles. The van der Waals surface area contributed by atoms with E-state index in [1.54, 1.807) is 16.7 Å². The van der Waals surface area contributed by atoms with E-state index in [2.05, 4.69) is 4.98 Å². The molecule has 1 aliphatic rings. The molecule has 1 aliphatic heterocycles. The van der Waals surface area contributed by atoms with E-state index < -0.39 is 5.82 Å². The fourth-order valence-corrected chi connectivity index (χ4v) is 3.19. The third-order valence-electron chi connectivity index (χ3n) is 4.48. The molecule has 2 amide bonds. The molecule has 1 aromatic heterocycles. The summed E-state index contributed by atoms with van der Waals surface area (Å²) in [5.74, 6) is -0.768. The largest absolute Gasteiger partial charge is 0.343 e. The second-order valence-electron chi connectivity index (χ2n) is 6.14. The van der Waals surface area contributed by atoms with Crippen molar-refractivity contribution < 1.29 is 14.0 Å². The molecule has 130 valence electrons. The number of para-hydroxylation sites is 1. The number of anilines is 1. The predicted molar refractivity (Wildman–Crippen MR) is 92.7 cm³/mol. The van der Waals surface area contributed by atoms with Crippen LogP contribution >= 0.6 is 0 Å². The van der Waals surface area contributed by atoms with E-state index in [0.717, 1.165) is 11.9 Å². The molecule has 0 bridgehead atoms. The van der Waals surface area contributed by atoms with E-state index in [1.165, 1.54) is 12.3 Å². The first-order valence-corrected chi connectivity index (χ1v) is 8.31. The van der Waals surface area contributed by atoms with Crippen molar-refractivity contribution in [3.05, 3.63) is 60.2 Å². The van der Waals surface area contributed by atoms with Gasteiger partial charge in [0.25, 0.3) is 5.91 Å². The molecule has 2 heterocycles. The zero-order chi connectivity index (χ0) is 17.8. The fraction of sp³-hybridized carbons (Fsp3) is 0.316. The van der Waals surface area contributed by atoms with Crippen molar-refractivity contribution in [3.63, 3.8) is 0 Å². The molecule has 0 aliphatic carbocycles. The fourth-order valence-electron chi connectivity index (χ4n) is 3.19. The summed E-state index contributed by atoms with van der Waals surface area (Å²) in [6.07, 6.45) is 3.83. The number of carbonyl (C=O) groups excluding carboxylic acids is 2. The molecule has 6 heteroatoms. The maximum absolute atomic E-state index is 13.5. The molecule has 25 heavy (non-hydrogen) atoms. The van der Waals surface area contributed by atoms with E-state index >= 15 is 0 Å². The molecule has 5 nitrogen and oxygen atoms in total. The Hall–Kier alpha value is -2.76. The first-order chi connectivity index (χ1) is 12.1. The number of amides is 2. The number of carbonyl (C=O) groups is 2. The van der Waals surface area contributed by atoms with Crippen LogP contribution in [0.15, 0.2) is 48.8 Å². The van der Waals surface area contributed by atoms with Crippen molar-refractivity contribution in [2.75, 3.05) is 18.0 Å². The van der Waals surface area contributed by atoms with Gasteiger partial charge in [-0.1, -0.05) is 18.2 Å². The zero-order valence-corrected chi connectivity index (χ0v) is 14.1. The molecule has 1 fully saturated rings. The van der Waals surface area contributed by atoms with Crippen LogP contribution in [0.3, 0.4) is 0 Å².